The maximum Gasteiger partial charge on any atom is 0.401 e. The van der Waals surface area contributed by atoms with Crippen molar-refractivity contribution in [2.45, 2.75) is 19.2 Å². The molecule has 1 saturated heterocycles. The Balaban J connectivity index is 2.44. The molecule has 1 unspecified atom stereocenters. The first kappa shape index (κ1) is 16.0. The van der Waals surface area contributed by atoms with Crippen molar-refractivity contribution in [1.82, 2.24) is 9.80 Å². The smallest absolute Gasteiger partial charge is 0.374 e. The highest BCUT2D eigenvalue weighted by Gasteiger charge is 2.32. The molecule has 1 aliphatic rings. The third kappa shape index (κ3) is 6.22. The molecule has 7 heteroatoms. The van der Waals surface area contributed by atoms with Crippen molar-refractivity contribution in [3.05, 3.63) is 0 Å². The monoisotopic (exact) mass is 288 g/mol. The zero-order chi connectivity index (χ0) is 13.6. The number of nitrogens with zero attached hydrogens (tertiary/aromatic N) is 2. The van der Waals surface area contributed by atoms with Gasteiger partial charge in [0.05, 0.1) is 19.3 Å². The highest BCUT2D eigenvalue weighted by atomic mass is 35.5. The number of halogens is 4. The predicted molar refractivity (Wildman–Crippen MR) is 65.1 cm³/mol. The topological polar surface area (TPSA) is 15.7 Å². The zero-order valence-corrected chi connectivity index (χ0v) is 11.3. The van der Waals surface area contributed by atoms with E-state index in [0.717, 1.165) is 13.1 Å². The van der Waals surface area contributed by atoms with Crippen molar-refractivity contribution in [1.29, 1.82) is 0 Å². The minimum absolute atomic E-state index is 0.163. The molecule has 0 amide bonds. The van der Waals surface area contributed by atoms with Crippen molar-refractivity contribution in [2.75, 3.05) is 51.8 Å². The molecular weight excluding hydrogens is 269 g/mol. The van der Waals surface area contributed by atoms with E-state index in [-0.39, 0.29) is 25.1 Å². The Kier molecular flexibility index (Phi) is 6.70. The van der Waals surface area contributed by atoms with Crippen molar-refractivity contribution < 1.29 is 17.9 Å². The molecule has 0 aromatic carbocycles. The standard InChI is InChI=1S/C11H20ClF3N2O/c1-2-16-5-6-18-10(7-16)8-17(4-3-12)9-11(13,14)15/h10H,2-9H2,1H3. The Morgan fingerprint density at radius 2 is 2.17 bits per heavy atom. The van der Waals surface area contributed by atoms with Crippen LogP contribution < -0.4 is 0 Å². The first-order valence-corrected chi connectivity index (χ1v) is 6.67. The van der Waals surface area contributed by atoms with Crippen LogP contribution in [-0.2, 0) is 4.74 Å². The van der Waals surface area contributed by atoms with E-state index in [2.05, 4.69) is 4.90 Å². The molecule has 1 rings (SSSR count). The Hall–Kier alpha value is -0.0400. The van der Waals surface area contributed by atoms with Crippen LogP contribution in [0.5, 0.6) is 0 Å². The number of morpholine rings is 1. The predicted octanol–water partition coefficient (Wildman–Crippen LogP) is 1.81. The summed E-state index contributed by atoms with van der Waals surface area (Å²) in [6.07, 6.45) is -4.35. The molecule has 0 aromatic heterocycles. The molecule has 0 N–H and O–H groups in total. The van der Waals surface area contributed by atoms with Gasteiger partial charge in [-0.05, 0) is 6.54 Å². The molecule has 1 fully saturated rings. The number of hydrogen-bond donors (Lipinski definition) is 0. The van der Waals surface area contributed by atoms with Crippen molar-refractivity contribution in [3.63, 3.8) is 0 Å². The number of likely N-dealkylation sites (N-methyl/N-ethyl adjacent to an activating group) is 1. The number of alkyl halides is 4. The van der Waals surface area contributed by atoms with E-state index in [9.17, 15) is 13.2 Å². The summed E-state index contributed by atoms with van der Waals surface area (Å²) in [6, 6.07) is 0. The third-order valence-electron chi connectivity index (χ3n) is 2.94. The molecule has 3 nitrogen and oxygen atoms in total. The molecule has 1 heterocycles. The molecule has 0 radical (unpaired) electrons. The second kappa shape index (κ2) is 7.53. The third-order valence-corrected chi connectivity index (χ3v) is 3.10. The molecule has 1 atom stereocenters. The van der Waals surface area contributed by atoms with E-state index in [0.29, 0.717) is 13.2 Å². The summed E-state index contributed by atoms with van der Waals surface area (Å²) in [6.45, 7) is 4.64. The lowest BCUT2D eigenvalue weighted by molar-refractivity contribution is -0.151. The molecule has 0 saturated carbocycles. The largest absolute Gasteiger partial charge is 0.401 e. The van der Waals surface area contributed by atoms with Gasteiger partial charge in [-0.3, -0.25) is 9.80 Å². The van der Waals surface area contributed by atoms with Crippen LogP contribution in [0.15, 0.2) is 0 Å². The average molecular weight is 289 g/mol. The van der Waals surface area contributed by atoms with Gasteiger partial charge in [-0.1, -0.05) is 6.92 Å². The summed E-state index contributed by atoms with van der Waals surface area (Å²) in [5.41, 5.74) is 0. The van der Waals surface area contributed by atoms with Gasteiger partial charge in [0.2, 0.25) is 0 Å². The molecule has 0 aromatic rings. The summed E-state index contributed by atoms with van der Waals surface area (Å²) in [4.78, 5) is 3.50. The second-order valence-electron chi connectivity index (χ2n) is 4.43. The molecule has 0 aliphatic carbocycles. The Bertz CT molecular complexity index is 241. The number of ether oxygens (including phenoxy) is 1. The van der Waals surface area contributed by atoms with Gasteiger partial charge in [0.1, 0.15) is 0 Å². The van der Waals surface area contributed by atoms with Gasteiger partial charge < -0.3 is 4.74 Å². The summed E-state index contributed by atoms with van der Waals surface area (Å²) < 4.78 is 42.7. The highest BCUT2D eigenvalue weighted by Crippen LogP contribution is 2.17. The lowest BCUT2D eigenvalue weighted by atomic mass is 10.2. The van der Waals surface area contributed by atoms with E-state index in [1.54, 1.807) is 0 Å². The maximum absolute atomic E-state index is 12.4. The fraction of sp³-hybridized carbons (Fsp3) is 1.00. The van der Waals surface area contributed by atoms with Crippen molar-refractivity contribution >= 4 is 11.6 Å². The summed E-state index contributed by atoms with van der Waals surface area (Å²) in [5.74, 6) is 0.195. The minimum atomic E-state index is -4.19. The van der Waals surface area contributed by atoms with Crippen LogP contribution in [0, 0.1) is 0 Å². The van der Waals surface area contributed by atoms with E-state index >= 15 is 0 Å². The van der Waals surface area contributed by atoms with Crippen LogP contribution in [0.1, 0.15) is 6.92 Å². The van der Waals surface area contributed by atoms with E-state index in [4.69, 9.17) is 16.3 Å². The van der Waals surface area contributed by atoms with Crippen LogP contribution in [0.4, 0.5) is 13.2 Å². The van der Waals surface area contributed by atoms with Gasteiger partial charge in [-0.15, -0.1) is 11.6 Å². The van der Waals surface area contributed by atoms with Crippen LogP contribution >= 0.6 is 11.6 Å². The molecule has 0 spiro atoms. The lowest BCUT2D eigenvalue weighted by Gasteiger charge is -2.35. The molecule has 18 heavy (non-hydrogen) atoms. The normalized spacial score (nSPS) is 22.7. The van der Waals surface area contributed by atoms with Crippen LogP contribution in [-0.4, -0.2) is 73.8 Å². The van der Waals surface area contributed by atoms with Gasteiger partial charge in [-0.25, -0.2) is 0 Å². The molecule has 108 valence electrons. The van der Waals surface area contributed by atoms with Gasteiger partial charge in [0, 0.05) is 32.1 Å². The van der Waals surface area contributed by atoms with Gasteiger partial charge >= 0.3 is 6.18 Å². The van der Waals surface area contributed by atoms with Gasteiger partial charge in [0.15, 0.2) is 0 Å². The summed E-state index contributed by atoms with van der Waals surface area (Å²) in [5, 5.41) is 0. The second-order valence-corrected chi connectivity index (χ2v) is 4.80. The minimum Gasteiger partial charge on any atom is -0.374 e. The Morgan fingerprint density at radius 1 is 1.44 bits per heavy atom. The number of hydrogen-bond acceptors (Lipinski definition) is 3. The number of rotatable bonds is 6. The summed E-state index contributed by atoms with van der Waals surface area (Å²) >= 11 is 5.54. The Morgan fingerprint density at radius 3 is 2.72 bits per heavy atom. The van der Waals surface area contributed by atoms with Crippen molar-refractivity contribution in [2.24, 2.45) is 0 Å². The molecule has 1 aliphatic heterocycles. The van der Waals surface area contributed by atoms with Crippen LogP contribution in [0.3, 0.4) is 0 Å². The fourth-order valence-corrected chi connectivity index (χ4v) is 2.31. The Labute approximate surface area is 111 Å². The lowest BCUT2D eigenvalue weighted by Crippen LogP contribution is -2.49. The fourth-order valence-electron chi connectivity index (χ4n) is 2.07. The van der Waals surface area contributed by atoms with E-state index in [1.165, 1.54) is 4.90 Å². The van der Waals surface area contributed by atoms with Gasteiger partial charge in [-0.2, -0.15) is 13.2 Å². The highest BCUT2D eigenvalue weighted by molar-refractivity contribution is 6.18. The van der Waals surface area contributed by atoms with Gasteiger partial charge in [0.25, 0.3) is 0 Å². The van der Waals surface area contributed by atoms with Crippen LogP contribution in [0.25, 0.3) is 0 Å². The van der Waals surface area contributed by atoms with Crippen molar-refractivity contribution in [3.8, 4) is 0 Å². The zero-order valence-electron chi connectivity index (χ0n) is 10.5. The van der Waals surface area contributed by atoms with E-state index < -0.39 is 12.7 Å². The maximum atomic E-state index is 12.4. The van der Waals surface area contributed by atoms with Crippen LogP contribution in [0.2, 0.25) is 0 Å². The first-order valence-electron chi connectivity index (χ1n) is 6.13. The van der Waals surface area contributed by atoms with E-state index in [1.807, 2.05) is 6.92 Å². The molecular formula is C11H20ClF3N2O. The SMILES string of the molecule is CCN1CCOC(CN(CCCl)CC(F)(F)F)C1. The quantitative estimate of drug-likeness (QED) is 0.693. The molecule has 0 bridgehead atoms. The summed E-state index contributed by atoms with van der Waals surface area (Å²) in [7, 11) is 0. The average Bonchev–Trinajstić information content (AvgIpc) is 2.27. The first-order chi connectivity index (χ1) is 8.44.